The number of hydrogen-bond donors (Lipinski definition) is 1. The van der Waals surface area contributed by atoms with Crippen LogP contribution in [0.1, 0.15) is 17.8 Å². The highest BCUT2D eigenvalue weighted by Gasteiger charge is 2.06. The Morgan fingerprint density at radius 2 is 2.22 bits per heavy atom. The lowest BCUT2D eigenvalue weighted by Crippen LogP contribution is -2.04. The molecule has 92 valence electrons. The van der Waals surface area contributed by atoms with Gasteiger partial charge in [0.15, 0.2) is 6.61 Å². The molecule has 0 fully saturated rings. The summed E-state index contributed by atoms with van der Waals surface area (Å²) < 4.78 is 5.19. The first-order valence-electron chi connectivity index (χ1n) is 5.54. The number of benzene rings is 1. The maximum Gasteiger partial charge on any atom is 0.174 e. The molecule has 5 heteroatoms. The fourth-order valence-corrected chi connectivity index (χ4v) is 2.15. The van der Waals surface area contributed by atoms with E-state index in [4.69, 9.17) is 10.00 Å². The third-order valence-corrected chi connectivity index (χ3v) is 3.38. The number of nitrogens with zero attached hydrogens (tertiary/aromatic N) is 2. The molecule has 0 aliphatic heterocycles. The molecule has 0 aliphatic carbocycles. The molecule has 18 heavy (non-hydrogen) atoms. The van der Waals surface area contributed by atoms with Crippen LogP contribution < -0.4 is 10.1 Å². The second-order valence-electron chi connectivity index (χ2n) is 3.74. The molecule has 0 saturated heterocycles. The number of thiazole rings is 1. The Hall–Kier alpha value is -2.06. The lowest BCUT2D eigenvalue weighted by Gasteiger charge is -2.13. The molecule has 0 bridgehead atoms. The van der Waals surface area contributed by atoms with Crippen LogP contribution in [0.25, 0.3) is 0 Å². The quantitative estimate of drug-likeness (QED) is 0.895. The van der Waals surface area contributed by atoms with Crippen LogP contribution in [0.5, 0.6) is 5.75 Å². The molecule has 1 N–H and O–H groups in total. The Kier molecular flexibility index (Phi) is 4.15. The Morgan fingerprint density at radius 3 is 2.83 bits per heavy atom. The second-order valence-corrected chi connectivity index (χ2v) is 4.66. The number of anilines is 1. The van der Waals surface area contributed by atoms with E-state index in [1.165, 1.54) is 4.88 Å². The molecule has 1 unspecified atom stereocenters. The van der Waals surface area contributed by atoms with E-state index in [-0.39, 0.29) is 12.6 Å². The molecule has 2 aromatic rings. The second kappa shape index (κ2) is 6.03. The number of aromatic nitrogens is 1. The molecular formula is C13H13N3OS. The molecule has 0 saturated carbocycles. The van der Waals surface area contributed by atoms with E-state index >= 15 is 0 Å². The Labute approximate surface area is 110 Å². The van der Waals surface area contributed by atoms with Gasteiger partial charge in [-0.25, -0.2) is 0 Å². The fraction of sp³-hybridized carbons (Fsp3) is 0.231. The molecular weight excluding hydrogens is 246 g/mol. The first kappa shape index (κ1) is 12.4. The Morgan fingerprint density at radius 1 is 1.44 bits per heavy atom. The van der Waals surface area contributed by atoms with Crippen molar-refractivity contribution < 1.29 is 4.74 Å². The lowest BCUT2D eigenvalue weighted by atomic mass is 10.2. The van der Waals surface area contributed by atoms with Crippen molar-refractivity contribution in [3.63, 3.8) is 0 Å². The van der Waals surface area contributed by atoms with Crippen LogP contribution in [0.15, 0.2) is 36.0 Å². The van der Waals surface area contributed by atoms with Crippen LogP contribution in [0.4, 0.5) is 5.69 Å². The summed E-state index contributed by atoms with van der Waals surface area (Å²) in [6.45, 7) is 2.16. The molecule has 0 radical (unpaired) electrons. The normalized spacial score (nSPS) is 11.6. The molecule has 1 aromatic carbocycles. The van der Waals surface area contributed by atoms with E-state index in [1.54, 1.807) is 11.3 Å². The van der Waals surface area contributed by atoms with Gasteiger partial charge in [0.25, 0.3) is 0 Å². The van der Waals surface area contributed by atoms with Gasteiger partial charge in [-0.05, 0) is 31.2 Å². The minimum Gasteiger partial charge on any atom is -0.479 e. The highest BCUT2D eigenvalue weighted by atomic mass is 32.1. The third kappa shape index (κ3) is 3.22. The number of rotatable bonds is 5. The zero-order chi connectivity index (χ0) is 12.8. The SMILES string of the molecule is CC(Nc1ccc(OCC#N)cc1)c1cncs1. The first-order chi connectivity index (χ1) is 8.79. The lowest BCUT2D eigenvalue weighted by molar-refractivity contribution is 0.368. The summed E-state index contributed by atoms with van der Waals surface area (Å²) in [5, 5.41) is 11.8. The van der Waals surface area contributed by atoms with E-state index in [9.17, 15) is 0 Å². The number of hydrogen-bond acceptors (Lipinski definition) is 5. The van der Waals surface area contributed by atoms with E-state index in [2.05, 4.69) is 17.2 Å². The van der Waals surface area contributed by atoms with Crippen molar-refractivity contribution in [2.24, 2.45) is 0 Å². The molecule has 1 aromatic heterocycles. The molecule has 2 rings (SSSR count). The van der Waals surface area contributed by atoms with E-state index in [0.717, 1.165) is 5.69 Å². The third-order valence-electron chi connectivity index (χ3n) is 2.42. The van der Waals surface area contributed by atoms with Crippen LogP contribution in [-0.4, -0.2) is 11.6 Å². The zero-order valence-corrected chi connectivity index (χ0v) is 10.8. The predicted octanol–water partition coefficient (Wildman–Crippen LogP) is 3.22. The van der Waals surface area contributed by atoms with Crippen molar-refractivity contribution in [2.45, 2.75) is 13.0 Å². The van der Waals surface area contributed by atoms with Crippen molar-refractivity contribution >= 4 is 17.0 Å². The van der Waals surface area contributed by atoms with Crippen molar-refractivity contribution in [1.82, 2.24) is 4.98 Å². The fourth-order valence-electron chi connectivity index (χ4n) is 1.52. The van der Waals surface area contributed by atoms with Crippen molar-refractivity contribution in [3.8, 4) is 11.8 Å². The highest BCUT2D eigenvalue weighted by molar-refractivity contribution is 7.09. The summed E-state index contributed by atoms with van der Waals surface area (Å²) in [6, 6.07) is 9.73. The van der Waals surface area contributed by atoms with Crippen LogP contribution in [-0.2, 0) is 0 Å². The van der Waals surface area contributed by atoms with Crippen LogP contribution >= 0.6 is 11.3 Å². The summed E-state index contributed by atoms with van der Waals surface area (Å²) in [5.74, 6) is 0.701. The molecule has 0 spiro atoms. The van der Waals surface area contributed by atoms with Crippen LogP contribution in [0, 0.1) is 11.3 Å². The summed E-state index contributed by atoms with van der Waals surface area (Å²) in [7, 11) is 0. The van der Waals surface area contributed by atoms with Gasteiger partial charge in [0.2, 0.25) is 0 Å². The van der Waals surface area contributed by atoms with Gasteiger partial charge >= 0.3 is 0 Å². The zero-order valence-electron chi connectivity index (χ0n) is 9.96. The molecule has 0 aliphatic rings. The van der Waals surface area contributed by atoms with E-state index in [0.29, 0.717) is 5.75 Å². The number of nitriles is 1. The minimum atomic E-state index is 0.0735. The van der Waals surface area contributed by atoms with Gasteiger partial charge in [-0.2, -0.15) is 5.26 Å². The average molecular weight is 259 g/mol. The molecule has 0 amide bonds. The molecule has 1 heterocycles. The monoisotopic (exact) mass is 259 g/mol. The van der Waals surface area contributed by atoms with Crippen molar-refractivity contribution in [1.29, 1.82) is 5.26 Å². The molecule has 4 nitrogen and oxygen atoms in total. The van der Waals surface area contributed by atoms with Gasteiger partial charge in [-0.3, -0.25) is 4.98 Å². The molecule has 1 atom stereocenters. The van der Waals surface area contributed by atoms with E-state index < -0.39 is 0 Å². The maximum absolute atomic E-state index is 8.41. The summed E-state index contributed by atoms with van der Waals surface area (Å²) in [6.07, 6.45) is 1.87. The van der Waals surface area contributed by atoms with Gasteiger partial charge in [0.05, 0.1) is 11.6 Å². The van der Waals surface area contributed by atoms with Crippen LogP contribution in [0.2, 0.25) is 0 Å². The summed E-state index contributed by atoms with van der Waals surface area (Å²) in [5.41, 5.74) is 2.84. The average Bonchev–Trinajstić information content (AvgIpc) is 2.92. The van der Waals surface area contributed by atoms with Gasteiger partial charge in [-0.15, -0.1) is 11.3 Å². The number of ether oxygens (including phenoxy) is 1. The van der Waals surface area contributed by atoms with Gasteiger partial charge < -0.3 is 10.1 Å². The number of nitrogens with one attached hydrogen (secondary N) is 1. The predicted molar refractivity (Wildman–Crippen MR) is 71.7 cm³/mol. The highest BCUT2D eigenvalue weighted by Crippen LogP contribution is 2.23. The van der Waals surface area contributed by atoms with Gasteiger partial charge in [-0.1, -0.05) is 0 Å². The minimum absolute atomic E-state index is 0.0735. The maximum atomic E-state index is 8.41. The smallest absolute Gasteiger partial charge is 0.174 e. The van der Waals surface area contributed by atoms with Crippen molar-refractivity contribution in [3.05, 3.63) is 40.8 Å². The first-order valence-corrected chi connectivity index (χ1v) is 6.42. The standard InChI is InChI=1S/C13H13N3OS/c1-10(13-8-15-9-18-13)16-11-2-4-12(5-3-11)17-7-6-14/h2-5,8-10,16H,7H2,1H3. The van der Waals surface area contributed by atoms with Gasteiger partial charge in [0.1, 0.15) is 11.8 Å². The van der Waals surface area contributed by atoms with Crippen LogP contribution in [0.3, 0.4) is 0 Å². The Balaban J connectivity index is 1.96. The summed E-state index contributed by atoms with van der Waals surface area (Å²) in [4.78, 5) is 5.25. The topological polar surface area (TPSA) is 57.9 Å². The van der Waals surface area contributed by atoms with Crippen molar-refractivity contribution in [2.75, 3.05) is 11.9 Å². The summed E-state index contributed by atoms with van der Waals surface area (Å²) >= 11 is 1.63. The Bertz CT molecular complexity index is 516. The van der Waals surface area contributed by atoms with E-state index in [1.807, 2.05) is 42.0 Å². The largest absolute Gasteiger partial charge is 0.479 e. The van der Waals surface area contributed by atoms with Gasteiger partial charge in [0, 0.05) is 16.8 Å².